The molecule has 1 atom stereocenters. The zero-order valence-electron chi connectivity index (χ0n) is 39.7. The molecule has 3 nitrogen and oxygen atoms in total. The summed E-state index contributed by atoms with van der Waals surface area (Å²) >= 11 is 0. The van der Waals surface area contributed by atoms with E-state index in [1.807, 2.05) is 0 Å². The normalized spacial score (nSPS) is 12.2. The highest BCUT2D eigenvalue weighted by Crippen LogP contribution is 2.21. The first-order valence-corrected chi connectivity index (χ1v) is 26.7. The lowest BCUT2D eigenvalue weighted by atomic mass is 9.94. The smallest absolute Gasteiger partial charge is 0.306 e. The summed E-state index contributed by atoms with van der Waals surface area (Å²) in [6.07, 6.45) is 61.1. The van der Waals surface area contributed by atoms with E-state index in [-0.39, 0.29) is 5.92 Å². The first-order valence-electron chi connectivity index (χ1n) is 26.7. The van der Waals surface area contributed by atoms with Crippen LogP contribution in [0.1, 0.15) is 323 Å². The molecule has 0 saturated carbocycles. The number of carboxylic acid groups (broad SMARTS) is 1. The lowest BCUT2D eigenvalue weighted by molar-refractivity contribution is -0.142. The van der Waals surface area contributed by atoms with Crippen LogP contribution in [0.2, 0.25) is 0 Å². The molecule has 3 heteroatoms. The van der Waals surface area contributed by atoms with Gasteiger partial charge in [-0.1, -0.05) is 284 Å². The number of Topliss-reactive ketones (excluding diaryl/α,β-unsaturated/α-hetero) is 1. The van der Waals surface area contributed by atoms with Crippen molar-refractivity contribution in [1.82, 2.24) is 0 Å². The molecule has 0 aromatic rings. The Hall–Kier alpha value is -0.860. The quantitative estimate of drug-likeness (QED) is 0.0623. The Bertz CT molecular complexity index is 790. The SMILES string of the molecule is CCCCCCCCCCCCCCCCCC(=O)CCCCCCCCCCCCCCCCC(CCCCCCCCCCCCCCCC(C)C)C(=O)O. The van der Waals surface area contributed by atoms with E-state index in [9.17, 15) is 14.7 Å². The van der Waals surface area contributed by atoms with Crippen molar-refractivity contribution in [1.29, 1.82) is 0 Å². The van der Waals surface area contributed by atoms with Gasteiger partial charge in [0.1, 0.15) is 5.78 Å². The highest BCUT2D eigenvalue weighted by Gasteiger charge is 2.16. The number of carbonyl (C=O) groups is 2. The van der Waals surface area contributed by atoms with Crippen LogP contribution in [0.5, 0.6) is 0 Å². The van der Waals surface area contributed by atoms with Crippen LogP contribution < -0.4 is 0 Å². The molecular weight excluding hydrogens is 697 g/mol. The molecule has 0 saturated heterocycles. The summed E-state index contributed by atoms with van der Waals surface area (Å²) in [6.45, 7) is 6.95. The Kier molecular flexibility index (Phi) is 47.1. The van der Waals surface area contributed by atoms with Crippen molar-refractivity contribution in [3.05, 3.63) is 0 Å². The summed E-state index contributed by atoms with van der Waals surface area (Å²) < 4.78 is 0. The second kappa shape index (κ2) is 47.8. The minimum atomic E-state index is -0.564. The number of carboxylic acids is 1. The van der Waals surface area contributed by atoms with Crippen molar-refractivity contribution < 1.29 is 14.7 Å². The number of aliphatic carboxylic acids is 1. The van der Waals surface area contributed by atoms with Crippen LogP contribution in [0.15, 0.2) is 0 Å². The van der Waals surface area contributed by atoms with Crippen molar-refractivity contribution in [2.45, 2.75) is 323 Å². The van der Waals surface area contributed by atoms with Gasteiger partial charge in [-0.25, -0.2) is 0 Å². The second-order valence-corrected chi connectivity index (χ2v) is 19.3. The van der Waals surface area contributed by atoms with Crippen molar-refractivity contribution >= 4 is 11.8 Å². The van der Waals surface area contributed by atoms with Gasteiger partial charge in [-0.15, -0.1) is 0 Å². The molecule has 0 aliphatic carbocycles. The van der Waals surface area contributed by atoms with Crippen LogP contribution in [0.25, 0.3) is 0 Å². The zero-order chi connectivity index (χ0) is 41.5. The van der Waals surface area contributed by atoms with E-state index in [0.717, 1.165) is 57.3 Å². The molecule has 0 heterocycles. The minimum Gasteiger partial charge on any atom is -0.481 e. The van der Waals surface area contributed by atoms with E-state index < -0.39 is 5.97 Å². The maximum absolute atomic E-state index is 12.3. The lowest BCUT2D eigenvalue weighted by Gasteiger charge is -2.12. The molecule has 340 valence electrons. The van der Waals surface area contributed by atoms with Crippen molar-refractivity contribution in [3.8, 4) is 0 Å². The van der Waals surface area contributed by atoms with E-state index in [4.69, 9.17) is 0 Å². The monoisotopic (exact) mass is 803 g/mol. The number of carbonyl (C=O) groups excluding carboxylic acids is 1. The van der Waals surface area contributed by atoms with Crippen molar-refractivity contribution in [3.63, 3.8) is 0 Å². The fourth-order valence-corrected chi connectivity index (χ4v) is 8.93. The third kappa shape index (κ3) is 47.7. The van der Waals surface area contributed by atoms with Gasteiger partial charge in [0.2, 0.25) is 0 Å². The Morgan fingerprint density at radius 1 is 0.316 bits per heavy atom. The molecule has 0 aliphatic rings. The summed E-state index contributed by atoms with van der Waals surface area (Å²) in [5.41, 5.74) is 0. The number of ketones is 1. The molecule has 1 N–H and O–H groups in total. The lowest BCUT2D eigenvalue weighted by Crippen LogP contribution is -2.13. The number of hydrogen-bond donors (Lipinski definition) is 1. The molecule has 0 fully saturated rings. The summed E-state index contributed by atoms with van der Waals surface area (Å²) in [6, 6.07) is 0. The number of hydrogen-bond acceptors (Lipinski definition) is 2. The molecule has 0 amide bonds. The van der Waals surface area contributed by atoms with Gasteiger partial charge < -0.3 is 5.11 Å². The highest BCUT2D eigenvalue weighted by molar-refractivity contribution is 5.78. The fraction of sp³-hybridized carbons (Fsp3) is 0.963. The van der Waals surface area contributed by atoms with Crippen LogP contribution in [0, 0.1) is 11.8 Å². The van der Waals surface area contributed by atoms with Gasteiger partial charge >= 0.3 is 5.97 Å². The van der Waals surface area contributed by atoms with E-state index in [1.165, 1.54) is 250 Å². The summed E-state index contributed by atoms with van der Waals surface area (Å²) in [7, 11) is 0. The van der Waals surface area contributed by atoms with Crippen LogP contribution in [-0.2, 0) is 9.59 Å². The molecule has 1 unspecified atom stereocenters. The first kappa shape index (κ1) is 56.1. The van der Waals surface area contributed by atoms with Crippen LogP contribution in [-0.4, -0.2) is 16.9 Å². The second-order valence-electron chi connectivity index (χ2n) is 19.3. The summed E-state index contributed by atoms with van der Waals surface area (Å²) in [5.74, 6) is 0.687. The van der Waals surface area contributed by atoms with Gasteiger partial charge in [0, 0.05) is 12.8 Å². The molecule has 57 heavy (non-hydrogen) atoms. The Balaban J connectivity index is 3.36. The molecular formula is C54H106O3. The Labute approximate surface area is 359 Å². The third-order valence-electron chi connectivity index (χ3n) is 13.0. The summed E-state index contributed by atoms with van der Waals surface area (Å²) in [5, 5.41) is 9.71. The topological polar surface area (TPSA) is 54.4 Å². The Morgan fingerprint density at radius 2 is 0.526 bits per heavy atom. The van der Waals surface area contributed by atoms with Gasteiger partial charge in [0.15, 0.2) is 0 Å². The van der Waals surface area contributed by atoms with Gasteiger partial charge in [-0.05, 0) is 31.6 Å². The van der Waals surface area contributed by atoms with Crippen LogP contribution in [0.4, 0.5) is 0 Å². The largest absolute Gasteiger partial charge is 0.481 e. The van der Waals surface area contributed by atoms with Gasteiger partial charge in [-0.3, -0.25) is 9.59 Å². The van der Waals surface area contributed by atoms with Crippen molar-refractivity contribution in [2.75, 3.05) is 0 Å². The minimum absolute atomic E-state index is 0.119. The summed E-state index contributed by atoms with van der Waals surface area (Å²) in [4.78, 5) is 24.1. The molecule has 0 rings (SSSR count). The third-order valence-corrected chi connectivity index (χ3v) is 13.0. The van der Waals surface area contributed by atoms with Gasteiger partial charge in [0.05, 0.1) is 5.92 Å². The van der Waals surface area contributed by atoms with Crippen LogP contribution in [0.3, 0.4) is 0 Å². The first-order chi connectivity index (χ1) is 28.0. The van der Waals surface area contributed by atoms with E-state index in [1.54, 1.807) is 0 Å². The molecule has 0 aliphatic heterocycles. The predicted octanol–water partition coefficient (Wildman–Crippen LogP) is 19.3. The van der Waals surface area contributed by atoms with Crippen LogP contribution >= 0.6 is 0 Å². The molecule has 0 aromatic heterocycles. The van der Waals surface area contributed by atoms with Crippen molar-refractivity contribution in [2.24, 2.45) is 11.8 Å². The average Bonchev–Trinajstić information content (AvgIpc) is 3.19. The predicted molar refractivity (Wildman–Crippen MR) is 254 cm³/mol. The van der Waals surface area contributed by atoms with Gasteiger partial charge in [-0.2, -0.15) is 0 Å². The highest BCUT2D eigenvalue weighted by atomic mass is 16.4. The fourth-order valence-electron chi connectivity index (χ4n) is 8.93. The van der Waals surface area contributed by atoms with E-state index >= 15 is 0 Å². The molecule has 0 aromatic carbocycles. The standard InChI is InChI=1S/C54H106O3/c1-4-5-6-7-8-9-10-11-12-19-24-29-34-39-44-49-53(55)50-45-40-35-30-25-20-14-13-17-22-27-32-37-42-47-52(54(56)57)48-43-38-33-28-23-18-15-16-21-26-31-36-41-46-51(2)3/h51-52H,4-50H2,1-3H3,(H,56,57). The Morgan fingerprint density at radius 3 is 0.754 bits per heavy atom. The molecule has 0 bridgehead atoms. The molecule has 0 spiro atoms. The molecule has 0 radical (unpaired) electrons. The number of rotatable bonds is 50. The zero-order valence-corrected chi connectivity index (χ0v) is 39.7. The van der Waals surface area contributed by atoms with E-state index in [2.05, 4.69) is 20.8 Å². The van der Waals surface area contributed by atoms with Gasteiger partial charge in [0.25, 0.3) is 0 Å². The number of unbranched alkanes of at least 4 members (excludes halogenated alkanes) is 39. The average molecular weight is 803 g/mol. The maximum Gasteiger partial charge on any atom is 0.306 e. The maximum atomic E-state index is 12.3. The van der Waals surface area contributed by atoms with E-state index in [0.29, 0.717) is 5.78 Å².